The molecule has 1 aromatic carbocycles. The number of rotatable bonds is 8. The molecule has 0 fully saturated rings. The van der Waals surface area contributed by atoms with E-state index < -0.39 is 24.7 Å². The maximum absolute atomic E-state index is 13.0. The molecule has 0 saturated carbocycles. The minimum atomic E-state index is -4.47. The third kappa shape index (κ3) is 6.04. The Morgan fingerprint density at radius 3 is 2.19 bits per heavy atom. The van der Waals surface area contributed by atoms with Gasteiger partial charge in [0, 0.05) is 23.4 Å². The van der Waals surface area contributed by atoms with Crippen molar-refractivity contribution in [1.82, 2.24) is 15.2 Å². The number of aryl methyl sites for hydroxylation is 1. The fraction of sp³-hybridized carbons (Fsp3) is 0.409. The van der Waals surface area contributed by atoms with E-state index in [4.69, 9.17) is 0 Å². The highest BCUT2D eigenvalue weighted by molar-refractivity contribution is 6.05. The van der Waals surface area contributed by atoms with Crippen LogP contribution < -0.4 is 5.32 Å². The third-order valence-corrected chi connectivity index (χ3v) is 5.17. The molecule has 1 atom stereocenters. The number of likely N-dealkylation sites (N-methyl/N-ethyl adjacent to an activating group) is 1. The molecule has 0 radical (unpaired) electrons. The Morgan fingerprint density at radius 2 is 1.71 bits per heavy atom. The quantitative estimate of drug-likeness (QED) is 0.615. The van der Waals surface area contributed by atoms with Gasteiger partial charge in [0.2, 0.25) is 0 Å². The number of hydrogen-bond donors (Lipinski definition) is 2. The average Bonchev–Trinajstić information content (AvgIpc) is 2.99. The lowest BCUT2D eigenvalue weighted by Crippen LogP contribution is -2.36. The van der Waals surface area contributed by atoms with E-state index in [-0.39, 0.29) is 17.1 Å². The molecule has 0 saturated heterocycles. The smallest absolute Gasteiger partial charge is 0.355 e. The summed E-state index contributed by atoms with van der Waals surface area (Å²) in [5.74, 6) is -1.07. The van der Waals surface area contributed by atoms with Crippen LogP contribution in [-0.4, -0.2) is 53.2 Å². The topological polar surface area (TPSA) is 82.3 Å². The number of ketones is 2. The van der Waals surface area contributed by atoms with Gasteiger partial charge in [-0.2, -0.15) is 13.2 Å². The van der Waals surface area contributed by atoms with E-state index in [1.54, 1.807) is 40.0 Å². The Hall–Kier alpha value is -2.94. The number of benzene rings is 1. The van der Waals surface area contributed by atoms with Crippen LogP contribution in [0, 0.1) is 13.8 Å². The highest BCUT2D eigenvalue weighted by Crippen LogP contribution is 2.21. The van der Waals surface area contributed by atoms with E-state index in [0.29, 0.717) is 29.1 Å². The lowest BCUT2D eigenvalue weighted by Gasteiger charge is -2.23. The van der Waals surface area contributed by atoms with Gasteiger partial charge >= 0.3 is 6.18 Å². The number of Topliss-reactive ketones (excluding diaryl/α,β-unsaturated/α-hetero) is 2. The number of aromatic amines is 1. The van der Waals surface area contributed by atoms with Crippen molar-refractivity contribution in [2.45, 2.75) is 46.5 Å². The largest absolute Gasteiger partial charge is 0.405 e. The Balaban J connectivity index is 2.05. The van der Waals surface area contributed by atoms with Crippen molar-refractivity contribution in [3.63, 3.8) is 0 Å². The lowest BCUT2D eigenvalue weighted by atomic mass is 10.0. The number of H-pyrrole nitrogens is 1. The number of hydrogen-bond acceptors (Lipinski definition) is 4. The molecule has 0 aliphatic carbocycles. The van der Waals surface area contributed by atoms with Crippen molar-refractivity contribution in [2.24, 2.45) is 0 Å². The fourth-order valence-corrected chi connectivity index (χ4v) is 3.40. The predicted octanol–water partition coefficient (Wildman–Crippen LogP) is 3.83. The van der Waals surface area contributed by atoms with Crippen LogP contribution in [0.4, 0.5) is 13.2 Å². The molecule has 1 aromatic heterocycles. The Bertz CT molecular complexity index is 978. The first-order valence-corrected chi connectivity index (χ1v) is 9.70. The van der Waals surface area contributed by atoms with Crippen LogP contribution in [0.5, 0.6) is 0 Å². The zero-order valence-corrected chi connectivity index (χ0v) is 18.1. The molecule has 31 heavy (non-hydrogen) atoms. The summed E-state index contributed by atoms with van der Waals surface area (Å²) in [6.45, 7) is 5.70. The maximum Gasteiger partial charge on any atom is 0.405 e. The number of amides is 1. The zero-order valence-electron chi connectivity index (χ0n) is 18.1. The van der Waals surface area contributed by atoms with Gasteiger partial charge in [-0.1, -0.05) is 12.1 Å². The molecule has 1 amide bonds. The summed E-state index contributed by atoms with van der Waals surface area (Å²) in [5, 5.41) is 1.82. The van der Waals surface area contributed by atoms with Gasteiger partial charge in [-0.3, -0.25) is 19.3 Å². The highest BCUT2D eigenvalue weighted by atomic mass is 19.4. The second-order valence-corrected chi connectivity index (χ2v) is 7.63. The Kier molecular flexibility index (Phi) is 7.43. The maximum atomic E-state index is 13.0. The number of nitrogens with zero attached hydrogens (tertiary/aromatic N) is 1. The molecule has 0 unspecified atom stereocenters. The second kappa shape index (κ2) is 9.47. The standard InChI is InChI=1S/C22H26F3N3O3/c1-12-18(15(4)29)13(2)27-19(12)20(30)14(3)28(5)10-16-6-8-17(9-7-16)21(31)26-11-22(23,24)25/h6-9,14,27H,10-11H2,1-5H3,(H,26,31)/t14-/m0/s1. The molecule has 0 aliphatic heterocycles. The van der Waals surface area contributed by atoms with Crippen molar-refractivity contribution in [3.8, 4) is 0 Å². The highest BCUT2D eigenvalue weighted by Gasteiger charge is 2.28. The van der Waals surface area contributed by atoms with Gasteiger partial charge in [0.15, 0.2) is 11.6 Å². The Labute approximate surface area is 178 Å². The fourth-order valence-electron chi connectivity index (χ4n) is 3.40. The second-order valence-electron chi connectivity index (χ2n) is 7.63. The van der Waals surface area contributed by atoms with E-state index in [2.05, 4.69) is 4.98 Å². The molecule has 0 spiro atoms. The molecular weight excluding hydrogens is 411 g/mol. The number of carbonyl (C=O) groups excluding carboxylic acids is 3. The van der Waals surface area contributed by atoms with E-state index in [1.165, 1.54) is 19.1 Å². The van der Waals surface area contributed by atoms with E-state index in [9.17, 15) is 27.6 Å². The number of halogens is 3. The first-order chi connectivity index (χ1) is 14.3. The van der Waals surface area contributed by atoms with Gasteiger partial charge in [0.25, 0.3) is 5.91 Å². The number of aromatic nitrogens is 1. The summed E-state index contributed by atoms with van der Waals surface area (Å²) in [7, 11) is 1.77. The van der Waals surface area contributed by atoms with Gasteiger partial charge in [0.05, 0.1) is 11.7 Å². The number of carbonyl (C=O) groups is 3. The summed E-state index contributed by atoms with van der Waals surface area (Å²) in [4.78, 5) is 41.4. The van der Waals surface area contributed by atoms with Gasteiger partial charge in [-0.15, -0.1) is 0 Å². The zero-order chi connectivity index (χ0) is 23.5. The average molecular weight is 437 g/mol. The molecule has 2 aromatic rings. The van der Waals surface area contributed by atoms with E-state index in [1.807, 2.05) is 10.2 Å². The van der Waals surface area contributed by atoms with Crippen molar-refractivity contribution in [2.75, 3.05) is 13.6 Å². The summed E-state index contributed by atoms with van der Waals surface area (Å²) >= 11 is 0. The SMILES string of the molecule is CC(=O)c1c(C)[nH]c(C(=O)[C@H](C)N(C)Cc2ccc(C(=O)NCC(F)(F)F)cc2)c1C. The van der Waals surface area contributed by atoms with Gasteiger partial charge < -0.3 is 10.3 Å². The van der Waals surface area contributed by atoms with Crippen LogP contribution in [0.3, 0.4) is 0 Å². The first-order valence-electron chi connectivity index (χ1n) is 9.70. The minimum Gasteiger partial charge on any atom is -0.355 e. The van der Waals surface area contributed by atoms with Crippen LogP contribution in [-0.2, 0) is 6.54 Å². The molecule has 0 aliphatic rings. The van der Waals surface area contributed by atoms with E-state index >= 15 is 0 Å². The molecule has 6 nitrogen and oxygen atoms in total. The molecule has 168 valence electrons. The molecule has 2 rings (SSSR count). The van der Waals surface area contributed by atoms with Crippen molar-refractivity contribution in [3.05, 3.63) is 57.9 Å². The molecule has 2 N–H and O–H groups in total. The van der Waals surface area contributed by atoms with Gasteiger partial charge in [-0.05, 0) is 58.0 Å². The monoisotopic (exact) mass is 437 g/mol. The summed E-state index contributed by atoms with van der Waals surface area (Å²) in [5.41, 5.74) is 3.12. The summed E-state index contributed by atoms with van der Waals surface area (Å²) in [6, 6.07) is 5.66. The van der Waals surface area contributed by atoms with Gasteiger partial charge in [0.1, 0.15) is 6.54 Å². The third-order valence-electron chi connectivity index (χ3n) is 5.17. The van der Waals surface area contributed by atoms with Crippen LogP contribution in [0.1, 0.15) is 61.9 Å². The number of nitrogens with one attached hydrogen (secondary N) is 2. The van der Waals surface area contributed by atoms with E-state index in [0.717, 1.165) is 5.56 Å². The summed E-state index contributed by atoms with van der Waals surface area (Å²) in [6.07, 6.45) is -4.47. The van der Waals surface area contributed by atoms with Crippen molar-refractivity contribution >= 4 is 17.5 Å². The summed E-state index contributed by atoms with van der Waals surface area (Å²) < 4.78 is 36.7. The van der Waals surface area contributed by atoms with Crippen LogP contribution >= 0.6 is 0 Å². The van der Waals surface area contributed by atoms with Crippen LogP contribution in [0.15, 0.2) is 24.3 Å². The molecule has 1 heterocycles. The first kappa shape index (κ1) is 24.3. The normalized spacial score (nSPS) is 12.7. The molecular formula is C22H26F3N3O3. The Morgan fingerprint density at radius 1 is 1.13 bits per heavy atom. The van der Waals surface area contributed by atoms with Crippen molar-refractivity contribution in [1.29, 1.82) is 0 Å². The van der Waals surface area contributed by atoms with Gasteiger partial charge in [-0.25, -0.2) is 0 Å². The lowest BCUT2D eigenvalue weighted by molar-refractivity contribution is -0.123. The van der Waals surface area contributed by atoms with Crippen molar-refractivity contribution < 1.29 is 27.6 Å². The molecule has 0 bridgehead atoms. The van der Waals surface area contributed by atoms with Crippen LogP contribution in [0.2, 0.25) is 0 Å². The minimum absolute atomic E-state index is 0.106. The predicted molar refractivity (Wildman–Crippen MR) is 110 cm³/mol. The van der Waals surface area contributed by atoms with Crippen LogP contribution in [0.25, 0.3) is 0 Å². The molecule has 9 heteroatoms. The number of alkyl halides is 3.